The third kappa shape index (κ3) is 8.84. The molecule has 2 aromatic carbocycles. The van der Waals surface area contributed by atoms with Crippen LogP contribution in [-0.2, 0) is 9.53 Å². The molecule has 0 amide bonds. The maximum absolute atomic E-state index is 14.4. The molecule has 0 bridgehead atoms. The highest BCUT2D eigenvalue weighted by Crippen LogP contribution is 2.26. The summed E-state index contributed by atoms with van der Waals surface area (Å²) < 4.78 is 36.9. The first-order valence-electron chi connectivity index (χ1n) is 12.8. The molecule has 2 N–H and O–H groups in total. The van der Waals surface area contributed by atoms with Crippen molar-refractivity contribution in [1.29, 1.82) is 0 Å². The van der Waals surface area contributed by atoms with Gasteiger partial charge in [0.1, 0.15) is 17.2 Å². The molecule has 0 fully saturated rings. The summed E-state index contributed by atoms with van der Waals surface area (Å²) in [6.07, 6.45) is 7.14. The molecule has 2 atom stereocenters. The number of aromatic nitrogens is 4. The van der Waals surface area contributed by atoms with Gasteiger partial charge < -0.3 is 19.6 Å². The van der Waals surface area contributed by atoms with Crippen LogP contribution in [0.4, 0.5) is 8.78 Å². The largest absolute Gasteiger partial charge is 0.460 e. The first-order chi connectivity index (χ1) is 18.2. The lowest BCUT2D eigenvalue weighted by Gasteiger charge is -2.21. The molecule has 0 aliphatic heterocycles. The van der Waals surface area contributed by atoms with Gasteiger partial charge in [0, 0.05) is 35.4 Å². The highest BCUT2D eigenvalue weighted by molar-refractivity contribution is 5.71. The number of hydrogen-bond donors (Lipinski definition) is 1. The summed E-state index contributed by atoms with van der Waals surface area (Å²) in [5.41, 5.74) is 9.38. The molecule has 0 saturated carbocycles. The van der Waals surface area contributed by atoms with Gasteiger partial charge in [-0.1, -0.05) is 26.5 Å². The number of carbonyl (C=O) groups is 1. The third-order valence-electron chi connectivity index (χ3n) is 5.90. The van der Waals surface area contributed by atoms with Gasteiger partial charge in [0.25, 0.3) is 0 Å². The van der Waals surface area contributed by atoms with E-state index < -0.39 is 5.60 Å². The number of esters is 1. The topological polar surface area (TPSA) is 88.0 Å². The number of nitrogens with two attached hydrogens (primary N) is 1. The summed E-state index contributed by atoms with van der Waals surface area (Å²) in [5, 5.41) is 0. The van der Waals surface area contributed by atoms with Crippen LogP contribution in [-0.4, -0.2) is 30.7 Å². The Bertz CT molecular complexity index is 1420. The van der Waals surface area contributed by atoms with E-state index in [0.717, 1.165) is 17.1 Å². The van der Waals surface area contributed by atoms with E-state index in [0.29, 0.717) is 16.8 Å². The molecule has 9 heteroatoms. The predicted octanol–water partition coefficient (Wildman–Crippen LogP) is 7.13. The minimum atomic E-state index is -0.529. The Morgan fingerprint density at radius 2 is 1.35 bits per heavy atom. The van der Waals surface area contributed by atoms with Crippen LogP contribution < -0.4 is 5.73 Å². The van der Waals surface area contributed by atoms with Crippen molar-refractivity contribution >= 4 is 5.97 Å². The van der Waals surface area contributed by atoms with Crippen molar-refractivity contribution in [3.05, 3.63) is 95.6 Å². The second-order valence-electron chi connectivity index (χ2n) is 10.7. The molecule has 0 radical (unpaired) electrons. The molecule has 0 aliphatic carbocycles. The minimum absolute atomic E-state index is 0. The van der Waals surface area contributed by atoms with Gasteiger partial charge in [-0.3, -0.25) is 4.79 Å². The van der Waals surface area contributed by atoms with Crippen LogP contribution in [0.15, 0.2) is 61.4 Å². The van der Waals surface area contributed by atoms with Crippen LogP contribution in [0.2, 0.25) is 0 Å². The fourth-order valence-electron chi connectivity index (χ4n) is 3.99. The summed E-state index contributed by atoms with van der Waals surface area (Å²) in [7, 11) is 0. The Morgan fingerprint density at radius 3 is 1.70 bits per heavy atom. The highest BCUT2D eigenvalue weighted by Gasteiger charge is 2.21. The molecule has 0 saturated heterocycles. The Hall–Kier alpha value is -3.85. The summed E-state index contributed by atoms with van der Waals surface area (Å²) >= 11 is 0. The highest BCUT2D eigenvalue weighted by atomic mass is 19.1. The Labute approximate surface area is 236 Å². The smallest absolute Gasteiger partial charge is 0.306 e. The second-order valence-corrected chi connectivity index (χ2v) is 10.7. The lowest BCUT2D eigenvalue weighted by Crippen LogP contribution is -2.24. The quantitative estimate of drug-likeness (QED) is 0.257. The average molecular weight is 554 g/mol. The molecule has 0 aliphatic rings. The van der Waals surface area contributed by atoms with Crippen LogP contribution in [0, 0.1) is 25.5 Å². The zero-order valence-corrected chi connectivity index (χ0v) is 23.6. The van der Waals surface area contributed by atoms with Crippen molar-refractivity contribution in [3.8, 4) is 11.4 Å². The first-order valence-corrected chi connectivity index (χ1v) is 12.8. The number of ether oxygens (including phenoxy) is 1. The standard InChI is InChI=1S/C18H23FN2O2.C12H14FN3.CH4/c1-12(8-17(22)23-18(3,4)5)15-7-6-14(9-16(15)19)21-10-13(2)20-11-21;1-8-6-16(7-15-8)10-3-4-11(9(2)14)12(13)5-10;/h6-7,9-12H,8H2,1-5H3;3-7,9H,14H2,1-2H3;1H4. The van der Waals surface area contributed by atoms with E-state index in [2.05, 4.69) is 9.97 Å². The maximum Gasteiger partial charge on any atom is 0.306 e. The second kappa shape index (κ2) is 13.5. The normalized spacial score (nSPS) is 12.6. The molecule has 216 valence electrons. The van der Waals surface area contributed by atoms with Gasteiger partial charge >= 0.3 is 5.97 Å². The SMILES string of the molecule is C.Cc1cn(-c2ccc(C(C)CC(=O)OC(C)(C)C)c(F)c2)cn1.Cc1cn(-c2ccc(C(C)N)c(F)c2)cn1. The predicted molar refractivity (Wildman–Crippen MR) is 155 cm³/mol. The van der Waals surface area contributed by atoms with Crippen molar-refractivity contribution in [1.82, 2.24) is 19.1 Å². The molecule has 2 unspecified atom stereocenters. The van der Waals surface area contributed by atoms with Crippen molar-refractivity contribution in [2.45, 2.75) is 79.9 Å². The number of nitrogens with zero attached hydrogens (tertiary/aromatic N) is 4. The molecule has 0 spiro atoms. The van der Waals surface area contributed by atoms with E-state index in [1.54, 1.807) is 40.8 Å². The number of hydrogen-bond acceptors (Lipinski definition) is 5. The molecule has 7 nitrogen and oxygen atoms in total. The van der Waals surface area contributed by atoms with Gasteiger partial charge in [-0.2, -0.15) is 0 Å². The van der Waals surface area contributed by atoms with Gasteiger partial charge in [-0.25, -0.2) is 18.7 Å². The molecule has 4 rings (SSSR count). The molecule has 2 aromatic heterocycles. The van der Waals surface area contributed by atoms with Crippen LogP contribution in [0.25, 0.3) is 11.4 Å². The van der Waals surface area contributed by atoms with E-state index in [1.165, 1.54) is 12.1 Å². The maximum atomic E-state index is 14.4. The lowest BCUT2D eigenvalue weighted by molar-refractivity contribution is -0.155. The summed E-state index contributed by atoms with van der Waals surface area (Å²) in [6.45, 7) is 12.8. The molecule has 40 heavy (non-hydrogen) atoms. The van der Waals surface area contributed by atoms with E-state index in [9.17, 15) is 13.6 Å². The number of carbonyl (C=O) groups excluding carboxylic acids is 1. The average Bonchev–Trinajstić information content (AvgIpc) is 3.46. The van der Waals surface area contributed by atoms with Crippen molar-refractivity contribution in [2.75, 3.05) is 0 Å². The van der Waals surface area contributed by atoms with Gasteiger partial charge in [0.15, 0.2) is 0 Å². The Balaban J connectivity index is 0.000000290. The third-order valence-corrected chi connectivity index (χ3v) is 5.90. The van der Waals surface area contributed by atoms with Crippen LogP contribution >= 0.6 is 0 Å². The Morgan fingerprint density at radius 1 is 0.900 bits per heavy atom. The lowest BCUT2D eigenvalue weighted by atomic mass is 9.97. The molecule has 4 aromatic rings. The summed E-state index contributed by atoms with van der Waals surface area (Å²) in [6, 6.07) is 9.73. The van der Waals surface area contributed by atoms with Crippen LogP contribution in [0.1, 0.15) is 82.9 Å². The van der Waals surface area contributed by atoms with Crippen molar-refractivity contribution in [3.63, 3.8) is 0 Å². The van der Waals surface area contributed by atoms with Gasteiger partial charge in [0.2, 0.25) is 0 Å². The minimum Gasteiger partial charge on any atom is -0.460 e. The van der Waals surface area contributed by atoms with Crippen molar-refractivity contribution < 1.29 is 18.3 Å². The fraction of sp³-hybridized carbons (Fsp3) is 0.387. The van der Waals surface area contributed by atoms with E-state index in [4.69, 9.17) is 10.5 Å². The Kier molecular flexibility index (Phi) is 10.9. The number of benzene rings is 2. The first kappa shape index (κ1) is 32.4. The zero-order chi connectivity index (χ0) is 28.9. The monoisotopic (exact) mass is 553 g/mol. The van der Waals surface area contributed by atoms with Crippen LogP contribution in [0.5, 0.6) is 0 Å². The number of aryl methyl sites for hydroxylation is 2. The van der Waals surface area contributed by atoms with Crippen molar-refractivity contribution in [2.24, 2.45) is 5.73 Å². The fourth-order valence-corrected chi connectivity index (χ4v) is 3.99. The van der Waals surface area contributed by atoms with E-state index in [-0.39, 0.29) is 43.4 Å². The molecule has 2 heterocycles. The number of halogens is 2. The zero-order valence-electron chi connectivity index (χ0n) is 23.6. The number of imidazole rings is 2. The van der Waals surface area contributed by atoms with E-state index in [1.807, 2.05) is 66.1 Å². The van der Waals surface area contributed by atoms with Crippen LogP contribution in [0.3, 0.4) is 0 Å². The van der Waals surface area contributed by atoms with Gasteiger partial charge in [0.05, 0.1) is 30.5 Å². The molecular weight excluding hydrogens is 512 g/mol. The summed E-state index contributed by atoms with van der Waals surface area (Å²) in [4.78, 5) is 20.1. The molecular formula is C31H41F2N5O2. The van der Waals surface area contributed by atoms with Gasteiger partial charge in [-0.05, 0) is 77.3 Å². The van der Waals surface area contributed by atoms with Gasteiger partial charge in [-0.15, -0.1) is 0 Å². The summed E-state index contributed by atoms with van der Waals surface area (Å²) in [5.74, 6) is -1.18. The number of rotatable bonds is 6. The van der Waals surface area contributed by atoms with E-state index >= 15 is 0 Å².